The topological polar surface area (TPSA) is 99.8 Å². The van der Waals surface area contributed by atoms with Crippen molar-refractivity contribution < 1.29 is 24.6 Å². The molecule has 7 heteroatoms. The van der Waals surface area contributed by atoms with E-state index in [2.05, 4.69) is 13.8 Å². The molecule has 2 N–H and O–H groups in total. The van der Waals surface area contributed by atoms with Crippen LogP contribution in [0.5, 0.6) is 0 Å². The zero-order valence-electron chi connectivity index (χ0n) is 21.6. The Morgan fingerprint density at radius 1 is 0.895 bits per heavy atom. The Labute approximate surface area is 221 Å². The number of carbonyl (C=O) groups excluding carboxylic acids is 1. The fraction of sp³-hybridized carbons (Fsp3) is 0.258. The maximum absolute atomic E-state index is 13.6. The smallest absolute Gasteiger partial charge is 0.412 e. The van der Waals surface area contributed by atoms with Crippen molar-refractivity contribution in [1.29, 1.82) is 0 Å². The number of carboxylic acids is 1. The van der Waals surface area contributed by atoms with Gasteiger partial charge in [0.05, 0.1) is 6.54 Å². The molecule has 0 radical (unpaired) electrons. The summed E-state index contributed by atoms with van der Waals surface area (Å²) < 4.78 is 1.90. The molecule has 0 fully saturated rings. The van der Waals surface area contributed by atoms with Gasteiger partial charge < -0.3 is 14.8 Å². The van der Waals surface area contributed by atoms with Gasteiger partial charge in [-0.1, -0.05) is 68.4 Å². The maximum Gasteiger partial charge on any atom is 0.412 e. The molecule has 1 heterocycles. The van der Waals surface area contributed by atoms with Crippen molar-refractivity contribution in [1.82, 2.24) is 4.57 Å². The summed E-state index contributed by atoms with van der Waals surface area (Å²) in [6, 6.07) is 22.1. The number of benzene rings is 3. The van der Waals surface area contributed by atoms with Crippen LogP contribution in [0.25, 0.3) is 10.9 Å². The highest BCUT2D eigenvalue weighted by atomic mass is 16.4. The minimum Gasteiger partial charge on any atom is -0.481 e. The van der Waals surface area contributed by atoms with E-state index in [1.54, 1.807) is 30.5 Å². The van der Waals surface area contributed by atoms with Crippen molar-refractivity contribution in [2.75, 3.05) is 4.90 Å². The zero-order chi connectivity index (χ0) is 27.2. The van der Waals surface area contributed by atoms with Crippen LogP contribution in [-0.2, 0) is 24.3 Å². The quantitative estimate of drug-likeness (QED) is 0.220. The Balaban J connectivity index is 1.60. The summed E-state index contributed by atoms with van der Waals surface area (Å²) in [5.74, 6) is -0.539. The van der Waals surface area contributed by atoms with Crippen LogP contribution in [-0.4, -0.2) is 32.6 Å². The summed E-state index contributed by atoms with van der Waals surface area (Å²) in [4.78, 5) is 38.0. The summed E-state index contributed by atoms with van der Waals surface area (Å²) in [6.45, 7) is 4.96. The van der Waals surface area contributed by atoms with E-state index < -0.39 is 12.1 Å². The summed E-state index contributed by atoms with van der Waals surface area (Å²) in [5, 5.41) is 19.7. The second-order valence-corrected chi connectivity index (χ2v) is 9.91. The number of aromatic nitrogens is 1. The van der Waals surface area contributed by atoms with E-state index >= 15 is 0 Å². The van der Waals surface area contributed by atoms with Crippen molar-refractivity contribution in [3.05, 3.63) is 101 Å². The van der Waals surface area contributed by atoms with E-state index in [1.807, 2.05) is 53.1 Å². The average molecular weight is 513 g/mol. The lowest BCUT2D eigenvalue weighted by molar-refractivity contribution is -0.137. The van der Waals surface area contributed by atoms with E-state index in [-0.39, 0.29) is 18.7 Å². The molecule has 1 amide bonds. The molecule has 3 aromatic carbocycles. The first kappa shape index (κ1) is 26.7. The van der Waals surface area contributed by atoms with Crippen LogP contribution in [0.3, 0.4) is 0 Å². The first-order valence-electron chi connectivity index (χ1n) is 12.8. The fourth-order valence-corrected chi connectivity index (χ4v) is 4.69. The summed E-state index contributed by atoms with van der Waals surface area (Å²) in [7, 11) is 0. The third-order valence-corrected chi connectivity index (χ3v) is 6.48. The number of rotatable bonds is 11. The zero-order valence-corrected chi connectivity index (χ0v) is 21.6. The first-order valence-corrected chi connectivity index (χ1v) is 12.8. The standard InChI is InChI=1S/C31H32N2O5/c1-21(2)17-22-12-14-23(15-13-22)19-33(31(37)38)25-8-5-7-24(18-25)30(36)27-20-32(16-6-11-29(34)35)28-10-4-3-9-26(27)28/h3-5,7-10,12-15,18,20-21H,6,11,16-17,19H2,1-2H3,(H,34,35)(H,37,38). The number of hydrogen-bond acceptors (Lipinski definition) is 3. The number of aliphatic carboxylic acids is 1. The number of aryl methyl sites for hydroxylation is 1. The molecule has 0 aliphatic rings. The molecule has 38 heavy (non-hydrogen) atoms. The first-order chi connectivity index (χ1) is 18.2. The number of fused-ring (bicyclic) bond motifs is 1. The number of carboxylic acid groups (broad SMARTS) is 2. The molecule has 0 atom stereocenters. The summed E-state index contributed by atoms with van der Waals surface area (Å²) in [6.07, 6.45) is 2.11. The minimum atomic E-state index is -1.10. The van der Waals surface area contributed by atoms with Gasteiger partial charge in [-0.2, -0.15) is 0 Å². The second-order valence-electron chi connectivity index (χ2n) is 9.91. The van der Waals surface area contributed by atoms with Crippen LogP contribution in [0.15, 0.2) is 79.0 Å². The van der Waals surface area contributed by atoms with Crippen molar-refractivity contribution in [3.8, 4) is 0 Å². The van der Waals surface area contributed by atoms with E-state index in [4.69, 9.17) is 5.11 Å². The molecule has 196 valence electrons. The Morgan fingerprint density at radius 2 is 1.61 bits per heavy atom. The van der Waals surface area contributed by atoms with Crippen LogP contribution in [0.4, 0.5) is 10.5 Å². The third kappa shape index (κ3) is 6.29. The molecule has 0 spiro atoms. The number of amides is 1. The number of nitrogens with zero attached hydrogens (tertiary/aromatic N) is 2. The van der Waals surface area contributed by atoms with E-state index in [0.717, 1.165) is 22.9 Å². The summed E-state index contributed by atoms with van der Waals surface area (Å²) in [5.41, 5.74) is 4.22. The molecule has 0 saturated carbocycles. The maximum atomic E-state index is 13.6. The van der Waals surface area contributed by atoms with Gasteiger partial charge in [-0.15, -0.1) is 0 Å². The summed E-state index contributed by atoms with van der Waals surface area (Å²) >= 11 is 0. The van der Waals surface area contributed by atoms with E-state index in [0.29, 0.717) is 35.7 Å². The van der Waals surface area contributed by atoms with Crippen molar-refractivity contribution in [3.63, 3.8) is 0 Å². The number of para-hydroxylation sites is 1. The van der Waals surface area contributed by atoms with Crippen molar-refractivity contribution in [2.45, 2.75) is 46.2 Å². The lowest BCUT2D eigenvalue weighted by Crippen LogP contribution is -2.28. The SMILES string of the molecule is CC(C)Cc1ccc(CN(C(=O)O)c2cccc(C(=O)c3cn(CCCC(=O)O)c4ccccc34)c2)cc1. The Kier molecular flexibility index (Phi) is 8.26. The molecule has 0 aliphatic heterocycles. The third-order valence-electron chi connectivity index (χ3n) is 6.48. The van der Waals surface area contributed by atoms with Gasteiger partial charge in [-0.05, 0) is 48.1 Å². The van der Waals surface area contributed by atoms with Gasteiger partial charge in [0.15, 0.2) is 5.78 Å². The van der Waals surface area contributed by atoms with Gasteiger partial charge >= 0.3 is 12.1 Å². The van der Waals surface area contributed by atoms with Gasteiger partial charge in [0, 0.05) is 46.9 Å². The van der Waals surface area contributed by atoms with Gasteiger partial charge in [-0.3, -0.25) is 14.5 Å². The molecule has 0 unspecified atom stereocenters. The van der Waals surface area contributed by atoms with Gasteiger partial charge in [-0.25, -0.2) is 4.79 Å². The normalized spacial score (nSPS) is 11.1. The number of anilines is 1. The van der Waals surface area contributed by atoms with Crippen LogP contribution >= 0.6 is 0 Å². The van der Waals surface area contributed by atoms with Crippen LogP contribution in [0, 0.1) is 5.92 Å². The number of hydrogen-bond donors (Lipinski definition) is 2. The average Bonchev–Trinajstić information content (AvgIpc) is 3.26. The van der Waals surface area contributed by atoms with Crippen molar-refractivity contribution in [2.24, 2.45) is 5.92 Å². The lowest BCUT2D eigenvalue weighted by Gasteiger charge is -2.20. The van der Waals surface area contributed by atoms with Crippen LogP contribution in [0.2, 0.25) is 0 Å². The minimum absolute atomic E-state index is 0.0449. The van der Waals surface area contributed by atoms with Gasteiger partial charge in [0.2, 0.25) is 0 Å². The predicted octanol–water partition coefficient (Wildman–Crippen LogP) is 6.62. The van der Waals surface area contributed by atoms with Crippen molar-refractivity contribution >= 4 is 34.4 Å². The molecule has 0 aliphatic carbocycles. The molecule has 4 aromatic rings. The van der Waals surface area contributed by atoms with Crippen LogP contribution in [0.1, 0.15) is 53.7 Å². The van der Waals surface area contributed by atoms with E-state index in [9.17, 15) is 19.5 Å². The second kappa shape index (κ2) is 11.8. The molecule has 0 saturated heterocycles. The monoisotopic (exact) mass is 512 g/mol. The highest BCUT2D eigenvalue weighted by molar-refractivity contribution is 6.16. The predicted molar refractivity (Wildman–Crippen MR) is 148 cm³/mol. The Bertz CT molecular complexity index is 1450. The molecular weight excluding hydrogens is 480 g/mol. The lowest BCUT2D eigenvalue weighted by atomic mass is 10.0. The molecular formula is C31H32N2O5. The van der Waals surface area contributed by atoms with E-state index in [1.165, 1.54) is 10.5 Å². The molecule has 0 bridgehead atoms. The van der Waals surface area contributed by atoms with Gasteiger partial charge in [0.25, 0.3) is 0 Å². The fourth-order valence-electron chi connectivity index (χ4n) is 4.69. The molecule has 7 nitrogen and oxygen atoms in total. The van der Waals surface area contributed by atoms with Gasteiger partial charge in [0.1, 0.15) is 0 Å². The Hall–Kier alpha value is -4.39. The van der Waals surface area contributed by atoms with Crippen LogP contribution < -0.4 is 4.90 Å². The largest absolute Gasteiger partial charge is 0.481 e. The number of carbonyl (C=O) groups is 3. The highest BCUT2D eigenvalue weighted by Gasteiger charge is 2.20. The highest BCUT2D eigenvalue weighted by Crippen LogP contribution is 2.27. The molecule has 4 rings (SSSR count). The Morgan fingerprint density at radius 3 is 2.29 bits per heavy atom. The number of ketones is 1. The molecule has 1 aromatic heterocycles.